The fourth-order valence-electron chi connectivity index (χ4n) is 1.99. The summed E-state index contributed by atoms with van der Waals surface area (Å²) >= 11 is 0. The first-order chi connectivity index (χ1) is 8.06. The van der Waals surface area contributed by atoms with E-state index in [1.165, 1.54) is 17.7 Å². The Hall–Kier alpha value is -1.26. The lowest BCUT2D eigenvalue weighted by atomic mass is 10.2. The number of nitrogens with zero attached hydrogens (tertiary/aromatic N) is 1. The summed E-state index contributed by atoms with van der Waals surface area (Å²) in [7, 11) is 0. The fraction of sp³-hybridized carbons (Fsp3) is 0.833. The molecule has 2 fully saturated rings. The monoisotopic (exact) mass is 240 g/mol. The average Bonchev–Trinajstić information content (AvgIpc) is 3.10. The topological polar surface area (TPSA) is 69.6 Å². The van der Waals surface area contributed by atoms with Gasteiger partial charge in [0.1, 0.15) is 6.54 Å². The van der Waals surface area contributed by atoms with E-state index in [0.717, 1.165) is 12.8 Å². The van der Waals surface area contributed by atoms with Crippen LogP contribution in [-0.4, -0.2) is 41.1 Å². The molecule has 0 heterocycles. The normalized spacial score (nSPS) is 20.8. The molecule has 2 aliphatic carbocycles. The van der Waals surface area contributed by atoms with Crippen LogP contribution in [0.2, 0.25) is 0 Å². The number of carboxylic acids is 1. The van der Waals surface area contributed by atoms with Gasteiger partial charge in [0.25, 0.3) is 0 Å². The third kappa shape index (κ3) is 3.91. The predicted octanol–water partition coefficient (Wildman–Crippen LogP) is 1.29. The third-order valence-electron chi connectivity index (χ3n) is 3.47. The van der Waals surface area contributed by atoms with E-state index < -0.39 is 5.97 Å². The van der Waals surface area contributed by atoms with E-state index in [4.69, 9.17) is 5.11 Å². The summed E-state index contributed by atoms with van der Waals surface area (Å²) in [5, 5.41) is 11.7. The Morgan fingerprint density at radius 3 is 2.47 bits per heavy atom. The molecule has 1 atom stereocenters. The Morgan fingerprint density at radius 2 is 2.00 bits per heavy atom. The van der Waals surface area contributed by atoms with E-state index in [1.54, 1.807) is 0 Å². The number of amides is 2. The lowest BCUT2D eigenvalue weighted by molar-refractivity contribution is -0.137. The first kappa shape index (κ1) is 12.2. The second kappa shape index (κ2) is 4.94. The van der Waals surface area contributed by atoms with Gasteiger partial charge < -0.3 is 15.3 Å². The van der Waals surface area contributed by atoms with E-state index in [2.05, 4.69) is 5.32 Å². The highest BCUT2D eigenvalue weighted by molar-refractivity contribution is 5.80. The number of hydrogen-bond acceptors (Lipinski definition) is 2. The lowest BCUT2D eigenvalue weighted by Gasteiger charge is -2.23. The molecule has 2 saturated carbocycles. The van der Waals surface area contributed by atoms with Crippen LogP contribution in [0.5, 0.6) is 0 Å². The van der Waals surface area contributed by atoms with E-state index in [1.807, 2.05) is 6.92 Å². The second-order valence-electron chi connectivity index (χ2n) is 5.29. The largest absolute Gasteiger partial charge is 0.480 e. The molecule has 0 bridgehead atoms. The van der Waals surface area contributed by atoms with E-state index in [0.29, 0.717) is 18.4 Å². The number of carbonyl (C=O) groups is 2. The van der Waals surface area contributed by atoms with Crippen molar-refractivity contribution in [2.45, 2.75) is 38.6 Å². The van der Waals surface area contributed by atoms with Crippen molar-refractivity contribution in [3.8, 4) is 0 Å². The summed E-state index contributed by atoms with van der Waals surface area (Å²) in [5.74, 6) is 0.155. The molecule has 0 saturated heterocycles. The minimum atomic E-state index is -0.945. The van der Waals surface area contributed by atoms with Crippen molar-refractivity contribution < 1.29 is 14.7 Å². The van der Waals surface area contributed by atoms with Crippen molar-refractivity contribution in [1.82, 2.24) is 10.2 Å². The summed E-state index contributed by atoms with van der Waals surface area (Å²) in [6.45, 7) is 2.38. The molecule has 2 aliphatic rings. The summed E-state index contributed by atoms with van der Waals surface area (Å²) in [6.07, 6.45) is 4.56. The van der Waals surface area contributed by atoms with E-state index in [9.17, 15) is 9.59 Å². The molecule has 2 N–H and O–H groups in total. The van der Waals surface area contributed by atoms with Crippen LogP contribution in [0.1, 0.15) is 32.6 Å². The van der Waals surface area contributed by atoms with Crippen LogP contribution in [-0.2, 0) is 4.79 Å². The average molecular weight is 240 g/mol. The molecule has 2 rings (SSSR count). The molecular formula is C12H20N2O3. The Bertz CT molecular complexity index is 311. The quantitative estimate of drug-likeness (QED) is 0.735. The van der Waals surface area contributed by atoms with Gasteiger partial charge in [-0.05, 0) is 44.4 Å². The van der Waals surface area contributed by atoms with Gasteiger partial charge in [-0.1, -0.05) is 0 Å². The Labute approximate surface area is 101 Å². The minimum absolute atomic E-state index is 0.165. The molecule has 1 unspecified atom stereocenters. The Morgan fingerprint density at radius 1 is 1.35 bits per heavy atom. The van der Waals surface area contributed by atoms with Crippen LogP contribution in [0, 0.1) is 11.8 Å². The smallest absolute Gasteiger partial charge is 0.323 e. The van der Waals surface area contributed by atoms with Crippen molar-refractivity contribution in [2.75, 3.05) is 13.1 Å². The number of carboxylic acid groups (broad SMARTS) is 1. The summed E-state index contributed by atoms with van der Waals surface area (Å²) in [5.41, 5.74) is 0. The van der Waals surface area contributed by atoms with Gasteiger partial charge in [0.2, 0.25) is 0 Å². The highest BCUT2D eigenvalue weighted by atomic mass is 16.4. The minimum Gasteiger partial charge on any atom is -0.480 e. The van der Waals surface area contributed by atoms with Crippen LogP contribution in [0.3, 0.4) is 0 Å². The van der Waals surface area contributed by atoms with Gasteiger partial charge >= 0.3 is 12.0 Å². The number of carbonyl (C=O) groups excluding carboxylic acids is 1. The van der Waals surface area contributed by atoms with Crippen LogP contribution in [0.25, 0.3) is 0 Å². The van der Waals surface area contributed by atoms with Crippen LogP contribution in [0.15, 0.2) is 0 Å². The van der Waals surface area contributed by atoms with Gasteiger partial charge in [-0.2, -0.15) is 0 Å². The molecule has 0 aromatic heterocycles. The van der Waals surface area contributed by atoms with Crippen LogP contribution in [0.4, 0.5) is 4.79 Å². The van der Waals surface area contributed by atoms with E-state index >= 15 is 0 Å². The van der Waals surface area contributed by atoms with Gasteiger partial charge in [-0.25, -0.2) is 4.79 Å². The number of aliphatic carboxylic acids is 1. The van der Waals surface area contributed by atoms with E-state index in [-0.39, 0.29) is 18.6 Å². The zero-order valence-electron chi connectivity index (χ0n) is 10.2. The molecule has 2 amide bonds. The van der Waals surface area contributed by atoms with Gasteiger partial charge in [0.15, 0.2) is 0 Å². The first-order valence-corrected chi connectivity index (χ1v) is 6.33. The zero-order chi connectivity index (χ0) is 12.4. The van der Waals surface area contributed by atoms with Gasteiger partial charge in [0.05, 0.1) is 0 Å². The van der Waals surface area contributed by atoms with Crippen molar-refractivity contribution in [1.29, 1.82) is 0 Å². The highest BCUT2D eigenvalue weighted by Crippen LogP contribution is 2.32. The highest BCUT2D eigenvalue weighted by Gasteiger charge is 2.32. The molecule has 5 nitrogen and oxygen atoms in total. The third-order valence-corrected chi connectivity index (χ3v) is 3.47. The van der Waals surface area contributed by atoms with Gasteiger partial charge in [-0.15, -0.1) is 0 Å². The molecule has 96 valence electrons. The van der Waals surface area contributed by atoms with Crippen LogP contribution < -0.4 is 5.32 Å². The predicted molar refractivity (Wildman–Crippen MR) is 62.7 cm³/mol. The lowest BCUT2D eigenvalue weighted by Crippen LogP contribution is -2.47. The molecule has 0 aromatic rings. The zero-order valence-corrected chi connectivity index (χ0v) is 10.2. The molecule has 17 heavy (non-hydrogen) atoms. The molecule has 0 aliphatic heterocycles. The maximum atomic E-state index is 11.9. The number of hydrogen-bond donors (Lipinski definition) is 2. The Balaban J connectivity index is 1.83. The molecule has 0 aromatic carbocycles. The Kier molecular flexibility index (Phi) is 3.54. The molecule has 5 heteroatoms. The SMILES string of the molecule is CC(NC(=O)N(CC(=O)O)CC1CC1)C1CC1. The van der Waals surface area contributed by atoms with Crippen molar-refractivity contribution in [2.24, 2.45) is 11.8 Å². The number of rotatable bonds is 6. The van der Waals surface area contributed by atoms with Crippen molar-refractivity contribution in [3.63, 3.8) is 0 Å². The van der Waals surface area contributed by atoms with Gasteiger partial charge in [0, 0.05) is 12.6 Å². The van der Waals surface area contributed by atoms with Gasteiger partial charge in [-0.3, -0.25) is 4.79 Å². The number of urea groups is 1. The van der Waals surface area contributed by atoms with Crippen molar-refractivity contribution >= 4 is 12.0 Å². The maximum Gasteiger partial charge on any atom is 0.323 e. The maximum absolute atomic E-state index is 11.9. The van der Waals surface area contributed by atoms with Crippen molar-refractivity contribution in [3.05, 3.63) is 0 Å². The molecule has 0 radical (unpaired) electrons. The molecular weight excluding hydrogens is 220 g/mol. The summed E-state index contributed by atoms with van der Waals surface area (Å²) in [6, 6.07) is -0.0586. The standard InChI is InChI=1S/C12H20N2O3/c1-8(10-4-5-10)13-12(17)14(7-11(15)16)6-9-2-3-9/h8-10H,2-7H2,1H3,(H,13,17)(H,15,16). The summed E-state index contributed by atoms with van der Waals surface area (Å²) < 4.78 is 0. The second-order valence-corrected chi connectivity index (χ2v) is 5.29. The fourth-order valence-corrected chi connectivity index (χ4v) is 1.99. The summed E-state index contributed by atoms with van der Waals surface area (Å²) in [4.78, 5) is 24.1. The first-order valence-electron chi connectivity index (χ1n) is 6.33. The van der Waals surface area contributed by atoms with Crippen LogP contribution >= 0.6 is 0 Å². The molecule has 0 spiro atoms. The number of nitrogens with one attached hydrogen (secondary N) is 1.